The highest BCUT2D eigenvalue weighted by atomic mass is 16.6. The lowest BCUT2D eigenvalue weighted by molar-refractivity contribution is -0.384. The van der Waals surface area contributed by atoms with Gasteiger partial charge in [-0.25, -0.2) is 0 Å². The molecule has 1 rings (SSSR count). The number of nitrogens with one attached hydrogen (secondary N) is 2. The van der Waals surface area contributed by atoms with Gasteiger partial charge in [-0.1, -0.05) is 12.1 Å². The molecule has 0 bridgehead atoms. The number of nitro benzene ring substituents is 1. The van der Waals surface area contributed by atoms with Gasteiger partial charge in [0.25, 0.3) is 5.69 Å². The summed E-state index contributed by atoms with van der Waals surface area (Å²) in [4.78, 5) is 10.3. The first kappa shape index (κ1) is 17.5. The van der Waals surface area contributed by atoms with Crippen LogP contribution in [0, 0.1) is 16.0 Å². The summed E-state index contributed by atoms with van der Waals surface area (Å²) in [6.45, 7) is 4.50. The number of non-ortho nitro benzene ring substituents is 1. The maximum absolute atomic E-state index is 10.6. The number of nitrogens with zero attached hydrogens (tertiary/aromatic N) is 1. The molecule has 0 amide bonds. The lowest BCUT2D eigenvalue weighted by atomic mass is 9.99. The van der Waals surface area contributed by atoms with E-state index in [-0.39, 0.29) is 10.6 Å². The van der Waals surface area contributed by atoms with Crippen LogP contribution in [0.4, 0.5) is 5.69 Å². The lowest BCUT2D eigenvalue weighted by Crippen LogP contribution is -2.36. The predicted molar refractivity (Wildman–Crippen MR) is 84.1 cm³/mol. The van der Waals surface area contributed by atoms with Crippen LogP contribution < -0.4 is 22.1 Å². The monoisotopic (exact) mass is 295 g/mol. The summed E-state index contributed by atoms with van der Waals surface area (Å²) in [6, 6.07) is 6.73. The van der Waals surface area contributed by atoms with Crippen LogP contribution >= 0.6 is 0 Å². The fourth-order valence-electron chi connectivity index (χ4n) is 2.12. The van der Waals surface area contributed by atoms with Crippen LogP contribution in [0.15, 0.2) is 24.3 Å². The molecule has 7 heteroatoms. The molecule has 1 aromatic rings. The maximum Gasteiger partial charge on any atom is 0.269 e. The van der Waals surface area contributed by atoms with E-state index in [1.807, 2.05) is 12.1 Å². The van der Waals surface area contributed by atoms with Crippen molar-refractivity contribution in [1.29, 1.82) is 0 Å². The van der Waals surface area contributed by atoms with Gasteiger partial charge in [0.2, 0.25) is 0 Å². The quantitative estimate of drug-likeness (QED) is 0.256. The average Bonchev–Trinajstić information content (AvgIpc) is 2.48. The van der Waals surface area contributed by atoms with E-state index < -0.39 is 0 Å². The Labute approximate surface area is 125 Å². The molecule has 0 heterocycles. The van der Waals surface area contributed by atoms with Gasteiger partial charge in [-0.15, -0.1) is 0 Å². The zero-order valence-electron chi connectivity index (χ0n) is 12.3. The average molecular weight is 295 g/mol. The molecule has 21 heavy (non-hydrogen) atoms. The molecule has 0 saturated carbocycles. The second-order valence-electron chi connectivity index (χ2n) is 4.98. The zero-order valence-corrected chi connectivity index (χ0v) is 12.3. The van der Waals surface area contributed by atoms with Crippen molar-refractivity contribution >= 4 is 5.69 Å². The molecule has 7 nitrogen and oxygen atoms in total. The van der Waals surface area contributed by atoms with Gasteiger partial charge in [-0.05, 0) is 31.0 Å². The number of nitrogens with two attached hydrogens (primary N) is 2. The highest BCUT2D eigenvalue weighted by Gasteiger charge is 2.11. The first-order valence-corrected chi connectivity index (χ1v) is 7.22. The SMILES string of the molecule is NCCNCC(CNCCN)Cc1ccc([N+](=O)[O-])cc1. The van der Waals surface area contributed by atoms with Gasteiger partial charge >= 0.3 is 0 Å². The summed E-state index contributed by atoms with van der Waals surface area (Å²) < 4.78 is 0. The molecular formula is C14H25N5O2. The smallest absolute Gasteiger partial charge is 0.269 e. The van der Waals surface area contributed by atoms with Crippen molar-refractivity contribution in [2.45, 2.75) is 6.42 Å². The molecule has 0 aliphatic heterocycles. The number of rotatable bonds is 11. The minimum Gasteiger partial charge on any atom is -0.329 e. The molecule has 0 unspecified atom stereocenters. The molecule has 0 fully saturated rings. The summed E-state index contributed by atoms with van der Waals surface area (Å²) in [5, 5.41) is 17.3. The Morgan fingerprint density at radius 1 is 1.05 bits per heavy atom. The van der Waals surface area contributed by atoms with Gasteiger partial charge in [-0.2, -0.15) is 0 Å². The highest BCUT2D eigenvalue weighted by Crippen LogP contribution is 2.14. The van der Waals surface area contributed by atoms with Crippen LogP contribution in [-0.4, -0.2) is 44.2 Å². The Hall–Kier alpha value is -1.54. The molecule has 0 aromatic heterocycles. The Balaban J connectivity index is 2.54. The molecule has 0 saturated heterocycles. The molecule has 0 aliphatic carbocycles. The maximum atomic E-state index is 10.6. The molecule has 6 N–H and O–H groups in total. The van der Waals surface area contributed by atoms with Crippen LogP contribution in [-0.2, 0) is 6.42 Å². The van der Waals surface area contributed by atoms with Crippen LogP contribution in [0.2, 0.25) is 0 Å². The third-order valence-electron chi connectivity index (χ3n) is 3.18. The molecule has 0 atom stereocenters. The summed E-state index contributed by atoms with van der Waals surface area (Å²) in [6.07, 6.45) is 0.854. The standard InChI is InChI=1S/C14H25N5O2/c15-5-7-17-10-13(11-18-8-6-16)9-12-1-3-14(4-2-12)19(20)21/h1-4,13,17-18H,5-11,15-16H2. The normalized spacial score (nSPS) is 11.0. The van der Waals surface area contributed by atoms with Gasteiger partial charge in [-0.3, -0.25) is 10.1 Å². The van der Waals surface area contributed by atoms with E-state index in [1.54, 1.807) is 12.1 Å². The third-order valence-corrected chi connectivity index (χ3v) is 3.18. The summed E-state index contributed by atoms with van der Waals surface area (Å²) in [7, 11) is 0. The van der Waals surface area contributed by atoms with Crippen LogP contribution in [0.1, 0.15) is 5.56 Å². The molecule has 0 aliphatic rings. The van der Waals surface area contributed by atoms with E-state index in [0.29, 0.717) is 19.0 Å². The van der Waals surface area contributed by atoms with Crippen LogP contribution in [0.5, 0.6) is 0 Å². The van der Waals surface area contributed by atoms with Crippen LogP contribution in [0.3, 0.4) is 0 Å². The topological polar surface area (TPSA) is 119 Å². The first-order chi connectivity index (χ1) is 10.2. The van der Waals surface area contributed by atoms with Gasteiger partial charge in [0.15, 0.2) is 0 Å². The molecule has 118 valence electrons. The van der Waals surface area contributed by atoms with Gasteiger partial charge in [0.05, 0.1) is 4.92 Å². The predicted octanol–water partition coefficient (Wildman–Crippen LogP) is -0.150. The third kappa shape index (κ3) is 7.14. The minimum atomic E-state index is -0.382. The second kappa shape index (κ2) is 10.2. The van der Waals surface area contributed by atoms with Crippen molar-refractivity contribution in [3.8, 4) is 0 Å². The van der Waals surface area contributed by atoms with Crippen molar-refractivity contribution in [2.75, 3.05) is 39.3 Å². The second-order valence-corrected chi connectivity index (χ2v) is 4.98. The lowest BCUT2D eigenvalue weighted by Gasteiger charge is -2.18. The van der Waals surface area contributed by atoms with E-state index in [9.17, 15) is 10.1 Å². The fraction of sp³-hybridized carbons (Fsp3) is 0.571. The number of hydrogen-bond acceptors (Lipinski definition) is 6. The Bertz CT molecular complexity index is 400. The fourth-order valence-corrected chi connectivity index (χ4v) is 2.12. The van der Waals surface area contributed by atoms with E-state index in [2.05, 4.69) is 10.6 Å². The molecular weight excluding hydrogens is 270 g/mol. The molecule has 1 aromatic carbocycles. The van der Waals surface area contributed by atoms with E-state index in [0.717, 1.165) is 38.2 Å². The Kier molecular flexibility index (Phi) is 8.53. The molecule has 0 spiro atoms. The van der Waals surface area contributed by atoms with Gasteiger partial charge in [0, 0.05) is 38.3 Å². The first-order valence-electron chi connectivity index (χ1n) is 7.22. The summed E-state index contributed by atoms with van der Waals surface area (Å²) >= 11 is 0. The van der Waals surface area contributed by atoms with Gasteiger partial charge < -0.3 is 22.1 Å². The highest BCUT2D eigenvalue weighted by molar-refractivity contribution is 5.33. The number of benzene rings is 1. The van der Waals surface area contributed by atoms with Gasteiger partial charge in [0.1, 0.15) is 0 Å². The number of hydrogen-bond donors (Lipinski definition) is 4. The zero-order chi connectivity index (χ0) is 15.5. The summed E-state index contributed by atoms with van der Waals surface area (Å²) in [5.41, 5.74) is 12.2. The van der Waals surface area contributed by atoms with E-state index in [1.165, 1.54) is 0 Å². The molecule has 0 radical (unpaired) electrons. The van der Waals surface area contributed by atoms with Crippen molar-refractivity contribution in [2.24, 2.45) is 17.4 Å². The van der Waals surface area contributed by atoms with Crippen molar-refractivity contribution in [3.63, 3.8) is 0 Å². The van der Waals surface area contributed by atoms with E-state index >= 15 is 0 Å². The minimum absolute atomic E-state index is 0.123. The van der Waals surface area contributed by atoms with Crippen LogP contribution in [0.25, 0.3) is 0 Å². The summed E-state index contributed by atoms with van der Waals surface area (Å²) in [5.74, 6) is 0.393. The Morgan fingerprint density at radius 3 is 2.00 bits per heavy atom. The Morgan fingerprint density at radius 2 is 1.57 bits per heavy atom. The van der Waals surface area contributed by atoms with Crippen molar-refractivity contribution in [1.82, 2.24) is 10.6 Å². The number of nitro groups is 1. The van der Waals surface area contributed by atoms with E-state index in [4.69, 9.17) is 11.5 Å². The van der Waals surface area contributed by atoms with Crippen molar-refractivity contribution < 1.29 is 4.92 Å². The largest absolute Gasteiger partial charge is 0.329 e. The van der Waals surface area contributed by atoms with Crippen molar-refractivity contribution in [3.05, 3.63) is 39.9 Å².